The van der Waals surface area contributed by atoms with Crippen molar-refractivity contribution >= 4 is 22.7 Å². The van der Waals surface area contributed by atoms with Gasteiger partial charge in [0.25, 0.3) is 0 Å². The van der Waals surface area contributed by atoms with Gasteiger partial charge in [-0.05, 0) is 55.8 Å². The third kappa shape index (κ3) is 3.69. The van der Waals surface area contributed by atoms with E-state index in [0.29, 0.717) is 17.8 Å². The van der Waals surface area contributed by atoms with Crippen molar-refractivity contribution in [2.45, 2.75) is 19.9 Å². The van der Waals surface area contributed by atoms with Crippen LogP contribution in [0.15, 0.2) is 63.8 Å². The molecule has 134 valence electrons. The second kappa shape index (κ2) is 7.31. The Morgan fingerprint density at radius 2 is 2.00 bits per heavy atom. The Hall–Kier alpha value is -3.28. The molecule has 0 saturated carbocycles. The summed E-state index contributed by atoms with van der Waals surface area (Å²) < 4.78 is 5.10. The Kier molecular flexibility index (Phi) is 4.93. The number of urea groups is 1. The van der Waals surface area contributed by atoms with Crippen LogP contribution in [0.1, 0.15) is 25.5 Å². The first kappa shape index (κ1) is 17.5. The van der Waals surface area contributed by atoms with Gasteiger partial charge >= 0.3 is 11.7 Å². The van der Waals surface area contributed by atoms with E-state index in [4.69, 9.17) is 4.42 Å². The molecule has 0 fully saturated rings. The van der Waals surface area contributed by atoms with Crippen LogP contribution < -0.4 is 10.9 Å². The lowest BCUT2D eigenvalue weighted by atomic mass is 10.1. The second-order valence-electron chi connectivity index (χ2n) is 5.99. The summed E-state index contributed by atoms with van der Waals surface area (Å²) in [6.45, 7) is 4.31. The normalized spacial score (nSPS) is 11.9. The average Bonchev–Trinajstić information content (AvgIpc) is 2.62. The van der Waals surface area contributed by atoms with Gasteiger partial charge in [0.2, 0.25) is 0 Å². The average molecular weight is 352 g/mol. The lowest BCUT2D eigenvalue weighted by Crippen LogP contribution is -2.36. The Balaban J connectivity index is 1.80. The summed E-state index contributed by atoms with van der Waals surface area (Å²) >= 11 is 0. The molecule has 2 amide bonds. The second-order valence-corrected chi connectivity index (χ2v) is 5.99. The number of aromatic hydroxyl groups is 1. The van der Waals surface area contributed by atoms with Gasteiger partial charge in [-0.3, -0.25) is 0 Å². The Morgan fingerprint density at radius 1 is 1.19 bits per heavy atom. The molecule has 0 bridgehead atoms. The molecule has 0 saturated heterocycles. The smallest absolute Gasteiger partial charge is 0.336 e. The molecule has 6 nitrogen and oxygen atoms in total. The van der Waals surface area contributed by atoms with Crippen molar-refractivity contribution in [3.05, 3.63) is 70.6 Å². The summed E-state index contributed by atoms with van der Waals surface area (Å²) in [7, 11) is 0. The number of benzene rings is 2. The Bertz CT molecular complexity index is 996. The fourth-order valence-corrected chi connectivity index (χ4v) is 2.90. The van der Waals surface area contributed by atoms with Crippen LogP contribution >= 0.6 is 0 Å². The minimum atomic E-state index is -0.411. The number of fused-ring (bicyclic) bond motifs is 1. The number of rotatable bonds is 4. The monoisotopic (exact) mass is 352 g/mol. The van der Waals surface area contributed by atoms with Crippen molar-refractivity contribution in [3.8, 4) is 5.75 Å². The predicted octanol–water partition coefficient (Wildman–Crippen LogP) is 4.11. The molecule has 3 rings (SSSR count). The van der Waals surface area contributed by atoms with E-state index in [1.165, 1.54) is 6.07 Å². The number of amides is 2. The zero-order valence-electron chi connectivity index (χ0n) is 14.6. The minimum Gasteiger partial charge on any atom is -0.508 e. The van der Waals surface area contributed by atoms with Crippen LogP contribution in [0.2, 0.25) is 0 Å². The number of nitrogens with zero attached hydrogens (tertiary/aromatic N) is 1. The van der Waals surface area contributed by atoms with Crippen LogP contribution in [0.4, 0.5) is 10.5 Å². The fraction of sp³-hybridized carbons (Fsp3) is 0.200. The first-order valence-electron chi connectivity index (χ1n) is 8.38. The highest BCUT2D eigenvalue weighted by molar-refractivity contribution is 5.92. The van der Waals surface area contributed by atoms with E-state index in [-0.39, 0.29) is 17.8 Å². The van der Waals surface area contributed by atoms with E-state index in [2.05, 4.69) is 5.32 Å². The summed E-state index contributed by atoms with van der Waals surface area (Å²) in [6.07, 6.45) is 0. The molecule has 2 aromatic carbocycles. The highest BCUT2D eigenvalue weighted by Crippen LogP contribution is 2.25. The number of phenols is 1. The maximum Gasteiger partial charge on any atom is 0.336 e. The molecule has 1 heterocycles. The van der Waals surface area contributed by atoms with Crippen molar-refractivity contribution in [3.63, 3.8) is 0 Å². The van der Waals surface area contributed by atoms with Gasteiger partial charge in [0.1, 0.15) is 11.3 Å². The fourth-order valence-electron chi connectivity index (χ4n) is 2.90. The van der Waals surface area contributed by atoms with Crippen molar-refractivity contribution in [2.24, 2.45) is 0 Å². The third-order valence-electron chi connectivity index (χ3n) is 4.29. The molecule has 0 aliphatic heterocycles. The van der Waals surface area contributed by atoms with Crippen LogP contribution in [0, 0.1) is 0 Å². The molecule has 3 aromatic rings. The van der Waals surface area contributed by atoms with Gasteiger partial charge in [0.15, 0.2) is 0 Å². The first-order valence-corrected chi connectivity index (χ1v) is 8.38. The number of phenolic OH excluding ortho intramolecular Hbond substituents is 1. The first-order chi connectivity index (χ1) is 12.5. The molecule has 26 heavy (non-hydrogen) atoms. The zero-order valence-corrected chi connectivity index (χ0v) is 14.6. The maximum atomic E-state index is 12.7. The summed E-state index contributed by atoms with van der Waals surface area (Å²) in [5.74, 6) is 0.168. The standard InChI is InChI=1S/C20H20N2O4/c1-3-22(13(2)14-5-4-6-17(23)12-14)20(25)21-16-8-9-18-15(11-16)7-10-19(24)26-18/h4-13,23H,3H2,1-2H3,(H,21,25). The number of carbonyl (C=O) groups excluding carboxylic acids is 1. The highest BCUT2D eigenvalue weighted by Gasteiger charge is 2.20. The number of hydrogen-bond acceptors (Lipinski definition) is 4. The lowest BCUT2D eigenvalue weighted by molar-refractivity contribution is 0.197. The van der Waals surface area contributed by atoms with Crippen molar-refractivity contribution < 1.29 is 14.3 Å². The van der Waals surface area contributed by atoms with E-state index in [0.717, 1.165) is 10.9 Å². The van der Waals surface area contributed by atoms with E-state index in [1.54, 1.807) is 47.4 Å². The third-order valence-corrected chi connectivity index (χ3v) is 4.29. The molecule has 1 atom stereocenters. The highest BCUT2D eigenvalue weighted by atomic mass is 16.4. The molecule has 0 spiro atoms. The minimum absolute atomic E-state index is 0.168. The van der Waals surface area contributed by atoms with Crippen LogP contribution in [-0.4, -0.2) is 22.6 Å². The van der Waals surface area contributed by atoms with Gasteiger partial charge in [-0.2, -0.15) is 0 Å². The molecule has 2 N–H and O–H groups in total. The van der Waals surface area contributed by atoms with E-state index >= 15 is 0 Å². The Morgan fingerprint density at radius 3 is 2.73 bits per heavy atom. The molecule has 6 heteroatoms. The summed E-state index contributed by atoms with van der Waals surface area (Å²) in [4.78, 5) is 25.6. The SMILES string of the molecule is CCN(C(=O)Nc1ccc2oc(=O)ccc2c1)C(C)c1cccc(O)c1. The summed E-state index contributed by atoms with van der Waals surface area (Å²) in [6, 6.07) is 14.5. The molecule has 0 aliphatic carbocycles. The topological polar surface area (TPSA) is 82.8 Å². The van der Waals surface area contributed by atoms with E-state index < -0.39 is 5.63 Å². The predicted molar refractivity (Wildman–Crippen MR) is 100 cm³/mol. The van der Waals surface area contributed by atoms with Gasteiger partial charge in [-0.15, -0.1) is 0 Å². The number of hydrogen-bond donors (Lipinski definition) is 2. The van der Waals surface area contributed by atoms with Crippen molar-refractivity contribution in [1.29, 1.82) is 0 Å². The lowest BCUT2D eigenvalue weighted by Gasteiger charge is -2.28. The van der Waals surface area contributed by atoms with Crippen molar-refractivity contribution in [2.75, 3.05) is 11.9 Å². The summed E-state index contributed by atoms with van der Waals surface area (Å²) in [5, 5.41) is 13.3. The summed E-state index contributed by atoms with van der Waals surface area (Å²) in [5.41, 5.74) is 1.52. The van der Waals surface area contributed by atoms with Gasteiger partial charge in [-0.1, -0.05) is 12.1 Å². The van der Waals surface area contributed by atoms with Crippen LogP contribution in [0.5, 0.6) is 5.75 Å². The van der Waals surface area contributed by atoms with Crippen LogP contribution in [0.25, 0.3) is 11.0 Å². The van der Waals surface area contributed by atoms with Crippen LogP contribution in [0.3, 0.4) is 0 Å². The Labute approximate surface area is 150 Å². The quantitative estimate of drug-likeness (QED) is 0.692. The number of carbonyl (C=O) groups is 1. The molecule has 1 unspecified atom stereocenters. The molecule has 1 aromatic heterocycles. The largest absolute Gasteiger partial charge is 0.508 e. The van der Waals surface area contributed by atoms with Gasteiger partial charge in [0, 0.05) is 23.7 Å². The van der Waals surface area contributed by atoms with Gasteiger partial charge < -0.3 is 19.7 Å². The van der Waals surface area contributed by atoms with Crippen LogP contribution in [-0.2, 0) is 0 Å². The zero-order chi connectivity index (χ0) is 18.7. The number of nitrogens with one attached hydrogen (secondary N) is 1. The molecule has 0 radical (unpaired) electrons. The van der Waals surface area contributed by atoms with Gasteiger partial charge in [0.05, 0.1) is 6.04 Å². The van der Waals surface area contributed by atoms with E-state index in [1.807, 2.05) is 19.9 Å². The van der Waals surface area contributed by atoms with Gasteiger partial charge in [-0.25, -0.2) is 9.59 Å². The molecular weight excluding hydrogens is 332 g/mol. The maximum absolute atomic E-state index is 12.7. The number of anilines is 1. The van der Waals surface area contributed by atoms with Crippen molar-refractivity contribution in [1.82, 2.24) is 4.90 Å². The molecule has 0 aliphatic rings. The van der Waals surface area contributed by atoms with E-state index in [9.17, 15) is 14.7 Å². The molecular formula is C20H20N2O4.